The number of benzene rings is 6. The highest BCUT2D eigenvalue weighted by Gasteiger charge is 2.47. The molecule has 4 aromatic heterocycles. The molecule has 0 radical (unpaired) electrons. The topological polar surface area (TPSA) is 51.6 Å². The Morgan fingerprint density at radius 1 is 0.340 bits per heavy atom. The van der Waals surface area contributed by atoms with Crippen LogP contribution < -0.4 is 0 Å². The van der Waals surface area contributed by atoms with Gasteiger partial charge in [-0.05, 0) is 63.2 Å². The van der Waals surface area contributed by atoms with Gasteiger partial charge >= 0.3 is 0 Å². The maximum Gasteiger partial charge on any atom is 0.0972 e. The van der Waals surface area contributed by atoms with Gasteiger partial charge in [0, 0.05) is 39.5 Å². The van der Waals surface area contributed by atoms with Gasteiger partial charge in [0.2, 0.25) is 0 Å². The number of aromatic nitrogens is 4. The molecule has 0 bridgehead atoms. The molecule has 0 amide bonds. The van der Waals surface area contributed by atoms with Gasteiger partial charge in [-0.3, -0.25) is 9.97 Å². The van der Waals surface area contributed by atoms with E-state index in [0.717, 1.165) is 71.7 Å². The van der Waals surface area contributed by atoms with E-state index in [1.165, 1.54) is 27.8 Å². The SMILES string of the molecule is c1ccc2c(c1)-c1ccccc1C2(c1ccc(-c2ccc(-c3ccc4ccc5cccnc5c4n3)cc2)cc1)c1ccc2ccc3cccnc3c2n1. The van der Waals surface area contributed by atoms with E-state index in [4.69, 9.17) is 15.0 Å². The molecule has 10 aromatic rings. The largest absolute Gasteiger partial charge is 0.254 e. The Kier molecular flexibility index (Phi) is 6.43. The van der Waals surface area contributed by atoms with Gasteiger partial charge in [0.15, 0.2) is 0 Å². The van der Waals surface area contributed by atoms with Gasteiger partial charge in [0.25, 0.3) is 0 Å². The second-order valence-corrected chi connectivity index (χ2v) is 13.8. The number of hydrogen-bond acceptors (Lipinski definition) is 4. The quantitative estimate of drug-likeness (QED) is 0.174. The van der Waals surface area contributed by atoms with E-state index < -0.39 is 5.41 Å². The monoisotopic (exact) mass is 674 g/mol. The molecule has 0 N–H and O–H groups in total. The van der Waals surface area contributed by atoms with Crippen LogP contribution in [-0.4, -0.2) is 19.9 Å². The van der Waals surface area contributed by atoms with Crippen molar-refractivity contribution in [2.45, 2.75) is 5.41 Å². The fourth-order valence-corrected chi connectivity index (χ4v) is 8.53. The third-order valence-electron chi connectivity index (χ3n) is 11.0. The van der Waals surface area contributed by atoms with Crippen molar-refractivity contribution in [1.29, 1.82) is 0 Å². The van der Waals surface area contributed by atoms with Crippen LogP contribution in [0.3, 0.4) is 0 Å². The van der Waals surface area contributed by atoms with Crippen LogP contribution >= 0.6 is 0 Å². The van der Waals surface area contributed by atoms with E-state index in [9.17, 15) is 0 Å². The van der Waals surface area contributed by atoms with E-state index in [1.807, 2.05) is 24.5 Å². The lowest BCUT2D eigenvalue weighted by Gasteiger charge is -2.33. The molecular formula is C49H30N4. The third kappa shape index (κ3) is 4.42. The molecule has 4 heteroatoms. The van der Waals surface area contributed by atoms with Crippen LogP contribution in [0.5, 0.6) is 0 Å². The highest BCUT2D eigenvalue weighted by atomic mass is 14.8. The predicted molar refractivity (Wildman–Crippen MR) is 216 cm³/mol. The molecule has 4 heterocycles. The molecule has 0 fully saturated rings. The molecule has 11 rings (SSSR count). The summed E-state index contributed by atoms with van der Waals surface area (Å²) in [5.41, 5.74) is 14.5. The molecule has 6 aromatic carbocycles. The zero-order valence-corrected chi connectivity index (χ0v) is 28.6. The van der Waals surface area contributed by atoms with Gasteiger partial charge in [-0.1, -0.05) is 146 Å². The zero-order valence-electron chi connectivity index (χ0n) is 28.6. The summed E-state index contributed by atoms with van der Waals surface area (Å²) >= 11 is 0. The number of pyridine rings is 4. The summed E-state index contributed by atoms with van der Waals surface area (Å²) in [5, 5.41) is 4.35. The molecule has 246 valence electrons. The van der Waals surface area contributed by atoms with Crippen LogP contribution in [0.15, 0.2) is 182 Å². The summed E-state index contributed by atoms with van der Waals surface area (Å²) < 4.78 is 0. The average molecular weight is 675 g/mol. The third-order valence-corrected chi connectivity index (χ3v) is 11.0. The summed E-state index contributed by atoms with van der Waals surface area (Å²) in [6.07, 6.45) is 3.69. The van der Waals surface area contributed by atoms with Gasteiger partial charge in [-0.2, -0.15) is 0 Å². The van der Waals surface area contributed by atoms with Crippen molar-refractivity contribution in [2.75, 3.05) is 0 Å². The fraction of sp³-hybridized carbons (Fsp3) is 0.0204. The highest BCUT2D eigenvalue weighted by Crippen LogP contribution is 2.56. The van der Waals surface area contributed by atoms with Crippen LogP contribution in [0, 0.1) is 0 Å². The Morgan fingerprint density at radius 2 is 0.811 bits per heavy atom. The van der Waals surface area contributed by atoms with E-state index >= 15 is 0 Å². The Morgan fingerprint density at radius 3 is 1.42 bits per heavy atom. The summed E-state index contributed by atoms with van der Waals surface area (Å²) in [6.45, 7) is 0. The Labute approximate surface area is 306 Å². The Balaban J connectivity index is 1.03. The highest BCUT2D eigenvalue weighted by molar-refractivity contribution is 6.04. The van der Waals surface area contributed by atoms with Crippen LogP contribution in [0.25, 0.3) is 77.1 Å². The second-order valence-electron chi connectivity index (χ2n) is 13.8. The molecule has 0 spiro atoms. The first-order valence-electron chi connectivity index (χ1n) is 18.0. The fourth-order valence-electron chi connectivity index (χ4n) is 8.53. The maximum absolute atomic E-state index is 5.51. The number of rotatable bonds is 4. The van der Waals surface area contributed by atoms with Crippen molar-refractivity contribution in [3.63, 3.8) is 0 Å². The first-order chi connectivity index (χ1) is 26.3. The molecule has 0 aliphatic heterocycles. The van der Waals surface area contributed by atoms with E-state index in [-0.39, 0.29) is 0 Å². The minimum absolute atomic E-state index is 0.610. The molecule has 0 saturated heterocycles. The normalized spacial score (nSPS) is 13.1. The lowest BCUT2D eigenvalue weighted by atomic mass is 9.69. The number of hydrogen-bond donors (Lipinski definition) is 0. The number of nitrogens with zero attached hydrogens (tertiary/aromatic N) is 4. The Hall–Kier alpha value is -7.04. The molecule has 1 aliphatic carbocycles. The lowest BCUT2D eigenvalue weighted by Crippen LogP contribution is -2.29. The molecule has 4 nitrogen and oxygen atoms in total. The summed E-state index contributed by atoms with van der Waals surface area (Å²) in [5.74, 6) is 0. The van der Waals surface area contributed by atoms with Crippen LogP contribution in [0.1, 0.15) is 22.4 Å². The summed E-state index contributed by atoms with van der Waals surface area (Å²) in [7, 11) is 0. The van der Waals surface area contributed by atoms with E-state index in [2.05, 4.69) is 163 Å². The van der Waals surface area contributed by atoms with Gasteiger partial charge < -0.3 is 0 Å². The van der Waals surface area contributed by atoms with Crippen molar-refractivity contribution < 1.29 is 0 Å². The lowest BCUT2D eigenvalue weighted by molar-refractivity contribution is 0.740. The van der Waals surface area contributed by atoms with Crippen molar-refractivity contribution in [3.05, 3.63) is 205 Å². The second kappa shape index (κ2) is 11.5. The van der Waals surface area contributed by atoms with Gasteiger partial charge in [-0.25, -0.2) is 9.97 Å². The molecule has 1 aliphatic rings. The standard InChI is InChI=1S/C49H30N4/c1-3-11-41-39(9-1)40-10-2-4-12-42(40)49(41,44-28-24-37-20-18-35-8-6-30-51-46(35)48(37)53-44)38-25-21-32(22-26-38)31-13-15-33(16-14-31)43-27-23-36-19-17-34-7-5-29-50-45(34)47(36)52-43/h1-30H. The summed E-state index contributed by atoms with van der Waals surface area (Å²) in [6, 6.07) is 60.7. The van der Waals surface area contributed by atoms with Crippen molar-refractivity contribution in [1.82, 2.24) is 19.9 Å². The van der Waals surface area contributed by atoms with Crippen molar-refractivity contribution in [3.8, 4) is 33.5 Å². The van der Waals surface area contributed by atoms with E-state index in [0.29, 0.717) is 0 Å². The van der Waals surface area contributed by atoms with Crippen LogP contribution in [0.2, 0.25) is 0 Å². The molecule has 53 heavy (non-hydrogen) atoms. The number of fused-ring (bicyclic) bond motifs is 9. The first kappa shape index (κ1) is 29.7. The van der Waals surface area contributed by atoms with Crippen molar-refractivity contribution >= 4 is 43.6 Å². The van der Waals surface area contributed by atoms with Crippen LogP contribution in [-0.2, 0) is 5.41 Å². The average Bonchev–Trinajstić information content (AvgIpc) is 3.54. The predicted octanol–water partition coefficient (Wildman–Crippen LogP) is 11.6. The summed E-state index contributed by atoms with van der Waals surface area (Å²) in [4.78, 5) is 20.0. The van der Waals surface area contributed by atoms with Crippen molar-refractivity contribution in [2.24, 2.45) is 0 Å². The minimum atomic E-state index is -0.610. The molecule has 0 unspecified atom stereocenters. The van der Waals surface area contributed by atoms with Crippen LogP contribution in [0.4, 0.5) is 0 Å². The minimum Gasteiger partial charge on any atom is -0.254 e. The molecule has 0 saturated carbocycles. The zero-order chi connectivity index (χ0) is 34.9. The van der Waals surface area contributed by atoms with Gasteiger partial charge in [0.1, 0.15) is 0 Å². The van der Waals surface area contributed by atoms with Gasteiger partial charge in [-0.15, -0.1) is 0 Å². The molecular weight excluding hydrogens is 645 g/mol. The van der Waals surface area contributed by atoms with Gasteiger partial charge in [0.05, 0.1) is 38.9 Å². The molecule has 0 atom stereocenters. The smallest absolute Gasteiger partial charge is 0.0972 e. The first-order valence-corrected chi connectivity index (χ1v) is 18.0. The maximum atomic E-state index is 5.51. The Bertz CT molecular complexity index is 3010. The van der Waals surface area contributed by atoms with E-state index in [1.54, 1.807) is 0 Å².